The fourth-order valence-corrected chi connectivity index (χ4v) is 4.76. The summed E-state index contributed by atoms with van der Waals surface area (Å²) in [5.41, 5.74) is 0.521. The number of fused-ring (bicyclic) bond motifs is 4. The molecule has 0 saturated heterocycles. The summed E-state index contributed by atoms with van der Waals surface area (Å²) in [7, 11) is 0. The highest BCUT2D eigenvalue weighted by Crippen LogP contribution is 2.42. The SMILES string of the molecule is O=C1c2cccc(-n3c4ccccc4c4cccc(C(F)(F)F)c43)c2C(=O)N1c1ccccc1. The molecule has 0 spiro atoms. The molecule has 0 fully saturated rings. The number of alkyl halides is 3. The van der Waals surface area contributed by atoms with Crippen molar-refractivity contribution in [2.45, 2.75) is 6.18 Å². The van der Waals surface area contributed by atoms with Gasteiger partial charge in [0.15, 0.2) is 0 Å². The highest BCUT2D eigenvalue weighted by molar-refractivity contribution is 6.35. The number of carbonyl (C=O) groups excluding carboxylic acids is 2. The highest BCUT2D eigenvalue weighted by Gasteiger charge is 2.40. The first-order valence-corrected chi connectivity index (χ1v) is 10.5. The topological polar surface area (TPSA) is 42.3 Å². The van der Waals surface area contributed by atoms with E-state index in [1.165, 1.54) is 16.7 Å². The Morgan fingerprint density at radius 2 is 1.32 bits per heavy atom. The summed E-state index contributed by atoms with van der Waals surface area (Å²) in [6.45, 7) is 0. The summed E-state index contributed by atoms with van der Waals surface area (Å²) in [5.74, 6) is -1.08. The lowest BCUT2D eigenvalue weighted by atomic mass is 10.1. The van der Waals surface area contributed by atoms with Crippen LogP contribution in [0.2, 0.25) is 0 Å². The number of para-hydroxylation sites is 3. The van der Waals surface area contributed by atoms with Crippen molar-refractivity contribution < 1.29 is 22.8 Å². The van der Waals surface area contributed by atoms with Crippen molar-refractivity contribution in [2.24, 2.45) is 0 Å². The van der Waals surface area contributed by atoms with Crippen LogP contribution in [-0.2, 0) is 6.18 Å². The van der Waals surface area contributed by atoms with E-state index in [1.54, 1.807) is 72.8 Å². The molecule has 5 aromatic rings. The Labute approximate surface area is 191 Å². The van der Waals surface area contributed by atoms with Crippen LogP contribution >= 0.6 is 0 Å². The minimum absolute atomic E-state index is 0.0528. The molecule has 0 aliphatic carbocycles. The van der Waals surface area contributed by atoms with E-state index >= 15 is 0 Å². The van der Waals surface area contributed by atoms with Crippen LogP contribution in [0.4, 0.5) is 18.9 Å². The molecule has 0 N–H and O–H groups in total. The van der Waals surface area contributed by atoms with Crippen molar-refractivity contribution in [3.8, 4) is 5.69 Å². The van der Waals surface area contributed by atoms with Crippen molar-refractivity contribution in [2.75, 3.05) is 4.90 Å². The van der Waals surface area contributed by atoms with Crippen LogP contribution in [0.3, 0.4) is 0 Å². The van der Waals surface area contributed by atoms with Crippen LogP contribution in [0.15, 0.2) is 91.0 Å². The number of halogens is 3. The van der Waals surface area contributed by atoms with Gasteiger partial charge in [-0.2, -0.15) is 13.2 Å². The van der Waals surface area contributed by atoms with E-state index in [1.807, 2.05) is 0 Å². The van der Waals surface area contributed by atoms with Crippen LogP contribution in [0.5, 0.6) is 0 Å². The first-order chi connectivity index (χ1) is 16.4. The lowest BCUT2D eigenvalue weighted by molar-refractivity contribution is -0.136. The van der Waals surface area contributed by atoms with Crippen molar-refractivity contribution >= 4 is 39.3 Å². The van der Waals surface area contributed by atoms with E-state index in [4.69, 9.17) is 0 Å². The quantitative estimate of drug-likeness (QED) is 0.281. The maximum absolute atomic E-state index is 14.1. The zero-order valence-corrected chi connectivity index (χ0v) is 17.5. The van der Waals surface area contributed by atoms with Gasteiger partial charge in [-0.05, 0) is 36.4 Å². The number of imide groups is 1. The van der Waals surface area contributed by atoms with Crippen LogP contribution in [0.1, 0.15) is 26.3 Å². The average molecular weight is 456 g/mol. The smallest absolute Gasteiger partial charge is 0.308 e. The van der Waals surface area contributed by atoms with Crippen molar-refractivity contribution in [3.05, 3.63) is 108 Å². The molecule has 34 heavy (non-hydrogen) atoms. The number of amides is 2. The molecule has 4 nitrogen and oxygen atoms in total. The minimum atomic E-state index is -4.61. The predicted octanol–water partition coefficient (Wildman–Crippen LogP) is 6.60. The number of aromatic nitrogens is 1. The predicted molar refractivity (Wildman–Crippen MR) is 123 cm³/mol. The molecular weight excluding hydrogens is 441 g/mol. The van der Waals surface area contributed by atoms with E-state index in [9.17, 15) is 22.8 Å². The molecule has 6 rings (SSSR count). The Morgan fingerprint density at radius 1 is 0.647 bits per heavy atom. The van der Waals surface area contributed by atoms with Gasteiger partial charge in [-0.1, -0.05) is 54.6 Å². The summed E-state index contributed by atoms with van der Waals surface area (Å²) in [5, 5.41) is 1.04. The molecule has 4 aromatic carbocycles. The second kappa shape index (κ2) is 7.05. The summed E-state index contributed by atoms with van der Waals surface area (Å²) < 4.78 is 43.7. The zero-order chi connectivity index (χ0) is 23.6. The number of rotatable bonds is 2. The van der Waals surface area contributed by atoms with Gasteiger partial charge in [-0.15, -0.1) is 0 Å². The molecule has 1 aliphatic rings. The Balaban J connectivity index is 1.71. The molecular formula is C27H15F3N2O2. The van der Waals surface area contributed by atoms with Gasteiger partial charge in [-0.3, -0.25) is 9.59 Å². The third-order valence-corrected chi connectivity index (χ3v) is 6.15. The second-order valence-electron chi connectivity index (χ2n) is 8.03. The summed E-state index contributed by atoms with van der Waals surface area (Å²) in [6.07, 6.45) is -4.61. The molecule has 166 valence electrons. The number of nitrogens with zero attached hydrogens (tertiary/aromatic N) is 2. The van der Waals surface area contributed by atoms with Gasteiger partial charge in [-0.25, -0.2) is 4.90 Å². The van der Waals surface area contributed by atoms with Gasteiger partial charge >= 0.3 is 6.18 Å². The molecule has 0 unspecified atom stereocenters. The maximum Gasteiger partial charge on any atom is 0.418 e. The highest BCUT2D eigenvalue weighted by atomic mass is 19.4. The van der Waals surface area contributed by atoms with E-state index < -0.39 is 23.6 Å². The van der Waals surface area contributed by atoms with Crippen LogP contribution in [0.25, 0.3) is 27.5 Å². The van der Waals surface area contributed by atoms with Crippen molar-refractivity contribution in [1.82, 2.24) is 4.57 Å². The standard InChI is InChI=1S/C27H15F3N2O2/c28-27(29,30)20-13-6-11-18-17-10-4-5-14-21(17)32(24(18)20)22-15-7-12-19-23(22)26(34)31(25(19)33)16-8-2-1-3-9-16/h1-15H. The fraction of sp³-hybridized carbons (Fsp3) is 0.0370. The Hall–Kier alpha value is -4.39. The lowest BCUT2D eigenvalue weighted by Crippen LogP contribution is -2.29. The molecule has 0 saturated carbocycles. The van der Waals surface area contributed by atoms with E-state index in [-0.39, 0.29) is 22.3 Å². The maximum atomic E-state index is 14.1. The molecule has 2 heterocycles. The number of benzene rings is 4. The first-order valence-electron chi connectivity index (χ1n) is 10.5. The van der Waals surface area contributed by atoms with Crippen LogP contribution < -0.4 is 4.90 Å². The monoisotopic (exact) mass is 456 g/mol. The van der Waals surface area contributed by atoms with Gasteiger partial charge < -0.3 is 4.57 Å². The van der Waals surface area contributed by atoms with Crippen molar-refractivity contribution in [1.29, 1.82) is 0 Å². The molecule has 0 atom stereocenters. The van der Waals surface area contributed by atoms with E-state index in [0.717, 1.165) is 11.0 Å². The average Bonchev–Trinajstić information content (AvgIpc) is 3.31. The first kappa shape index (κ1) is 20.2. The van der Waals surface area contributed by atoms with Gasteiger partial charge in [0.1, 0.15) is 0 Å². The van der Waals surface area contributed by atoms with Crippen LogP contribution in [0, 0.1) is 0 Å². The van der Waals surface area contributed by atoms with Gasteiger partial charge in [0.2, 0.25) is 0 Å². The Kier molecular flexibility index (Phi) is 4.20. The lowest BCUT2D eigenvalue weighted by Gasteiger charge is -2.16. The molecule has 0 bridgehead atoms. The zero-order valence-electron chi connectivity index (χ0n) is 17.5. The van der Waals surface area contributed by atoms with Crippen LogP contribution in [-0.4, -0.2) is 16.4 Å². The van der Waals surface area contributed by atoms with Crippen molar-refractivity contribution in [3.63, 3.8) is 0 Å². The third-order valence-electron chi connectivity index (χ3n) is 6.15. The minimum Gasteiger partial charge on any atom is -0.308 e. The van der Waals surface area contributed by atoms with E-state index in [0.29, 0.717) is 22.0 Å². The van der Waals surface area contributed by atoms with Gasteiger partial charge in [0.25, 0.3) is 11.8 Å². The molecule has 0 radical (unpaired) electrons. The molecule has 1 aromatic heterocycles. The number of hydrogen-bond acceptors (Lipinski definition) is 2. The number of anilines is 1. The molecule has 7 heteroatoms. The Morgan fingerprint density at radius 3 is 2.09 bits per heavy atom. The summed E-state index contributed by atoms with van der Waals surface area (Å²) in [4.78, 5) is 27.8. The van der Waals surface area contributed by atoms with E-state index in [2.05, 4.69) is 0 Å². The molecule has 1 aliphatic heterocycles. The van der Waals surface area contributed by atoms with Gasteiger partial charge in [0.05, 0.1) is 39.1 Å². The summed E-state index contributed by atoms with van der Waals surface area (Å²) in [6, 6.07) is 24.2. The number of carbonyl (C=O) groups is 2. The Bertz CT molecular complexity index is 1640. The second-order valence-corrected chi connectivity index (χ2v) is 8.03. The van der Waals surface area contributed by atoms with Gasteiger partial charge in [0, 0.05) is 10.8 Å². The third kappa shape index (κ3) is 2.73. The summed E-state index contributed by atoms with van der Waals surface area (Å²) >= 11 is 0. The number of hydrogen-bond donors (Lipinski definition) is 0. The normalized spacial score (nSPS) is 13.8. The molecule has 2 amide bonds. The largest absolute Gasteiger partial charge is 0.418 e. The fourth-order valence-electron chi connectivity index (χ4n) is 4.76.